The third kappa shape index (κ3) is 3.02. The number of carbonyl (C=O) groups is 1. The molecule has 0 spiro atoms. The molecule has 3 nitrogen and oxygen atoms in total. The fraction of sp³-hybridized carbons (Fsp3) is 0.533. The minimum absolute atomic E-state index is 0.130. The Labute approximate surface area is 133 Å². The average molecular weight is 361 g/mol. The van der Waals surface area contributed by atoms with E-state index >= 15 is 0 Å². The first-order chi connectivity index (χ1) is 9.35. The number of hydrogen-bond donors (Lipinski definition) is 1. The lowest BCUT2D eigenvalue weighted by Crippen LogP contribution is -2.39. The molecular weight excluding hydrogens is 342 g/mol. The van der Waals surface area contributed by atoms with Gasteiger partial charge in [0.1, 0.15) is 0 Å². The van der Waals surface area contributed by atoms with Crippen LogP contribution in [0.1, 0.15) is 25.8 Å². The van der Waals surface area contributed by atoms with Gasteiger partial charge < -0.3 is 5.11 Å². The third-order valence-electron chi connectivity index (χ3n) is 4.32. The van der Waals surface area contributed by atoms with Gasteiger partial charge in [0.25, 0.3) is 0 Å². The summed E-state index contributed by atoms with van der Waals surface area (Å²) in [5.74, 6) is -0.553. The lowest BCUT2D eigenvalue weighted by atomic mass is 9.76. The van der Waals surface area contributed by atoms with Gasteiger partial charge in [-0.1, -0.05) is 47.4 Å². The zero-order chi connectivity index (χ0) is 14.9. The molecule has 0 amide bonds. The van der Waals surface area contributed by atoms with Crippen molar-refractivity contribution in [2.24, 2.45) is 11.3 Å². The van der Waals surface area contributed by atoms with Crippen LogP contribution < -0.4 is 0 Å². The molecule has 1 unspecified atom stereocenters. The van der Waals surface area contributed by atoms with Crippen molar-refractivity contribution in [1.82, 2.24) is 4.90 Å². The van der Waals surface area contributed by atoms with Crippen molar-refractivity contribution in [1.29, 1.82) is 0 Å². The van der Waals surface area contributed by atoms with Gasteiger partial charge in [0.05, 0.1) is 5.41 Å². The minimum Gasteiger partial charge on any atom is -0.481 e. The third-order valence-corrected chi connectivity index (χ3v) is 5.17. The van der Waals surface area contributed by atoms with Crippen LogP contribution in [0, 0.1) is 11.3 Å². The number of carboxylic acid groups (broad SMARTS) is 1. The van der Waals surface area contributed by atoms with E-state index in [4.69, 9.17) is 11.6 Å². The van der Waals surface area contributed by atoms with Gasteiger partial charge in [-0.2, -0.15) is 0 Å². The lowest BCUT2D eigenvalue weighted by molar-refractivity contribution is -0.151. The molecule has 0 aromatic heterocycles. The number of aliphatic carboxylic acids is 1. The van der Waals surface area contributed by atoms with E-state index in [0.717, 1.165) is 21.6 Å². The summed E-state index contributed by atoms with van der Waals surface area (Å²) < 4.78 is 0.953. The minimum atomic E-state index is -0.683. The molecule has 1 aromatic carbocycles. The summed E-state index contributed by atoms with van der Waals surface area (Å²) in [7, 11) is 0. The molecule has 5 heteroatoms. The van der Waals surface area contributed by atoms with Gasteiger partial charge in [0.2, 0.25) is 0 Å². The molecule has 1 heterocycles. The van der Waals surface area contributed by atoms with Crippen LogP contribution in [0.4, 0.5) is 0 Å². The maximum absolute atomic E-state index is 11.6. The smallest absolute Gasteiger partial charge is 0.311 e. The van der Waals surface area contributed by atoms with Crippen LogP contribution in [-0.4, -0.2) is 29.1 Å². The Morgan fingerprint density at radius 2 is 2.25 bits per heavy atom. The molecule has 2 rings (SSSR count). The molecule has 1 fully saturated rings. The molecule has 1 saturated heterocycles. The highest BCUT2D eigenvalue weighted by Gasteiger charge is 2.47. The second-order valence-electron chi connectivity index (χ2n) is 5.81. The summed E-state index contributed by atoms with van der Waals surface area (Å²) in [5, 5.41) is 10.3. The van der Waals surface area contributed by atoms with Gasteiger partial charge in [-0.25, -0.2) is 0 Å². The van der Waals surface area contributed by atoms with E-state index in [1.165, 1.54) is 0 Å². The first-order valence-corrected chi connectivity index (χ1v) is 7.92. The lowest BCUT2D eigenvalue weighted by Gasteiger charge is -2.29. The van der Waals surface area contributed by atoms with Crippen LogP contribution in [0.25, 0.3) is 0 Å². The van der Waals surface area contributed by atoms with E-state index in [0.29, 0.717) is 19.5 Å². The normalized spacial score (nSPS) is 23.4. The van der Waals surface area contributed by atoms with Crippen molar-refractivity contribution in [3.05, 3.63) is 33.3 Å². The zero-order valence-electron chi connectivity index (χ0n) is 11.7. The van der Waals surface area contributed by atoms with Crippen LogP contribution >= 0.6 is 27.5 Å². The Balaban J connectivity index is 2.11. The molecule has 1 N–H and O–H groups in total. The molecule has 0 bridgehead atoms. The summed E-state index contributed by atoms with van der Waals surface area (Å²) in [6, 6.07) is 5.83. The van der Waals surface area contributed by atoms with Crippen LogP contribution in [0.15, 0.2) is 22.7 Å². The van der Waals surface area contributed by atoms with Crippen LogP contribution in [-0.2, 0) is 11.3 Å². The number of likely N-dealkylation sites (tertiary alicyclic amines) is 1. The zero-order valence-corrected chi connectivity index (χ0v) is 14.0. The highest BCUT2D eigenvalue weighted by atomic mass is 79.9. The Hall–Kier alpha value is -0.580. The number of hydrogen-bond acceptors (Lipinski definition) is 2. The molecule has 1 atom stereocenters. The number of nitrogens with zero attached hydrogens (tertiary/aromatic N) is 1. The summed E-state index contributed by atoms with van der Waals surface area (Å²) in [4.78, 5) is 13.8. The number of benzene rings is 1. The Morgan fingerprint density at radius 3 is 2.75 bits per heavy atom. The monoisotopic (exact) mass is 359 g/mol. The van der Waals surface area contributed by atoms with Gasteiger partial charge in [-0.3, -0.25) is 9.69 Å². The van der Waals surface area contributed by atoms with E-state index in [1.807, 2.05) is 32.0 Å². The summed E-state index contributed by atoms with van der Waals surface area (Å²) in [6.45, 7) is 6.07. The van der Waals surface area contributed by atoms with E-state index in [2.05, 4.69) is 20.8 Å². The fourth-order valence-electron chi connectivity index (χ4n) is 2.83. The Morgan fingerprint density at radius 1 is 1.55 bits per heavy atom. The van der Waals surface area contributed by atoms with E-state index < -0.39 is 11.4 Å². The van der Waals surface area contributed by atoms with Crippen molar-refractivity contribution >= 4 is 33.5 Å². The maximum Gasteiger partial charge on any atom is 0.311 e. The van der Waals surface area contributed by atoms with Gasteiger partial charge in [0, 0.05) is 22.6 Å². The van der Waals surface area contributed by atoms with Crippen LogP contribution in [0.3, 0.4) is 0 Å². The second kappa shape index (κ2) is 6.04. The molecular formula is C15H19BrClNO2. The highest BCUT2D eigenvalue weighted by molar-refractivity contribution is 9.10. The average Bonchev–Trinajstić information content (AvgIpc) is 2.78. The second-order valence-corrected chi connectivity index (χ2v) is 7.14. The Kier molecular flexibility index (Phi) is 4.77. The van der Waals surface area contributed by atoms with Crippen molar-refractivity contribution in [2.45, 2.75) is 26.8 Å². The number of carboxylic acids is 1. The highest BCUT2D eigenvalue weighted by Crippen LogP contribution is 2.39. The molecule has 1 aromatic rings. The molecule has 0 saturated carbocycles. The number of rotatable bonds is 4. The van der Waals surface area contributed by atoms with Crippen molar-refractivity contribution in [3.8, 4) is 0 Å². The molecule has 20 heavy (non-hydrogen) atoms. The van der Waals surface area contributed by atoms with E-state index in [-0.39, 0.29) is 5.92 Å². The summed E-state index contributed by atoms with van der Waals surface area (Å²) in [5.41, 5.74) is 0.418. The topological polar surface area (TPSA) is 40.5 Å². The first kappa shape index (κ1) is 15.8. The van der Waals surface area contributed by atoms with E-state index in [9.17, 15) is 9.90 Å². The Bertz CT molecular complexity index is 521. The van der Waals surface area contributed by atoms with Crippen molar-refractivity contribution < 1.29 is 9.90 Å². The van der Waals surface area contributed by atoms with Crippen molar-refractivity contribution in [2.75, 3.05) is 13.1 Å². The molecule has 110 valence electrons. The molecule has 1 aliphatic heterocycles. The van der Waals surface area contributed by atoms with Crippen LogP contribution in [0.5, 0.6) is 0 Å². The van der Waals surface area contributed by atoms with Crippen molar-refractivity contribution in [3.63, 3.8) is 0 Å². The maximum atomic E-state index is 11.6. The van der Waals surface area contributed by atoms with Gasteiger partial charge in [-0.05, 0) is 36.6 Å². The molecule has 0 aliphatic carbocycles. The van der Waals surface area contributed by atoms with Gasteiger partial charge >= 0.3 is 5.97 Å². The SMILES string of the molecule is CC(C)C1(C(=O)O)CCN(Cc2ccc(Br)cc2Cl)C1. The largest absolute Gasteiger partial charge is 0.481 e. The van der Waals surface area contributed by atoms with Gasteiger partial charge in [0.15, 0.2) is 0 Å². The standard InChI is InChI=1S/C15H19BrClNO2/c1-10(2)15(14(19)20)5-6-18(9-15)8-11-3-4-12(16)7-13(11)17/h3-4,7,10H,5-6,8-9H2,1-2H3,(H,19,20). The predicted octanol–water partition coefficient (Wildman–Crippen LogP) is 4.04. The summed E-state index contributed by atoms with van der Waals surface area (Å²) in [6.07, 6.45) is 0.703. The van der Waals surface area contributed by atoms with Gasteiger partial charge in [-0.15, -0.1) is 0 Å². The first-order valence-electron chi connectivity index (χ1n) is 6.75. The van der Waals surface area contributed by atoms with Crippen LogP contribution in [0.2, 0.25) is 5.02 Å². The summed E-state index contributed by atoms with van der Waals surface area (Å²) >= 11 is 9.62. The fourth-order valence-corrected chi connectivity index (χ4v) is 3.57. The number of halogens is 2. The van der Waals surface area contributed by atoms with E-state index in [1.54, 1.807) is 0 Å². The molecule has 1 aliphatic rings. The molecule has 0 radical (unpaired) electrons. The quantitative estimate of drug-likeness (QED) is 0.881. The predicted molar refractivity (Wildman–Crippen MR) is 84.0 cm³/mol.